The van der Waals surface area contributed by atoms with Crippen molar-refractivity contribution < 1.29 is 9.47 Å². The highest BCUT2D eigenvalue weighted by Gasteiger charge is 2.33. The standard InChI is InChI=1S/C15H18O2/c1-5-10-9-11(6-2)15-13(17-4)8-7-12(16-3)14(10)15/h5-8,10-11H,1-2,9H2,3-4H3. The molecule has 0 N–H and O–H groups in total. The fraction of sp³-hybridized carbons (Fsp3) is 0.333. The van der Waals surface area contributed by atoms with Gasteiger partial charge in [0, 0.05) is 23.0 Å². The first-order chi connectivity index (χ1) is 8.26. The summed E-state index contributed by atoms with van der Waals surface area (Å²) in [5.74, 6) is 2.46. The Balaban J connectivity index is 2.66. The van der Waals surface area contributed by atoms with Crippen LogP contribution >= 0.6 is 0 Å². The summed E-state index contributed by atoms with van der Waals surface area (Å²) in [6, 6.07) is 3.92. The molecule has 0 radical (unpaired) electrons. The number of ether oxygens (including phenoxy) is 2. The molecule has 1 aromatic rings. The lowest BCUT2D eigenvalue weighted by atomic mass is 9.99. The van der Waals surface area contributed by atoms with Gasteiger partial charge in [-0.25, -0.2) is 0 Å². The Labute approximate surface area is 103 Å². The second-order valence-electron chi connectivity index (χ2n) is 4.22. The van der Waals surface area contributed by atoms with Gasteiger partial charge in [0.1, 0.15) is 11.5 Å². The van der Waals surface area contributed by atoms with Crippen LogP contribution in [0.5, 0.6) is 11.5 Å². The molecule has 0 fully saturated rings. The second-order valence-corrected chi connectivity index (χ2v) is 4.22. The predicted molar refractivity (Wildman–Crippen MR) is 70.0 cm³/mol. The number of fused-ring (bicyclic) bond motifs is 1. The maximum atomic E-state index is 5.44. The van der Waals surface area contributed by atoms with Crippen LogP contribution in [0, 0.1) is 0 Å². The van der Waals surface area contributed by atoms with Crippen LogP contribution < -0.4 is 9.47 Å². The molecule has 2 unspecified atom stereocenters. The zero-order valence-corrected chi connectivity index (χ0v) is 10.4. The first-order valence-corrected chi connectivity index (χ1v) is 5.76. The van der Waals surface area contributed by atoms with E-state index in [2.05, 4.69) is 13.2 Å². The van der Waals surface area contributed by atoms with E-state index in [-0.39, 0.29) is 0 Å². The maximum Gasteiger partial charge on any atom is 0.123 e. The molecular formula is C15H18O2. The lowest BCUT2D eigenvalue weighted by molar-refractivity contribution is 0.396. The van der Waals surface area contributed by atoms with E-state index in [0.29, 0.717) is 11.8 Å². The van der Waals surface area contributed by atoms with Crippen LogP contribution in [0.4, 0.5) is 0 Å². The normalized spacial score (nSPS) is 21.8. The van der Waals surface area contributed by atoms with Crippen LogP contribution in [-0.4, -0.2) is 14.2 Å². The third-order valence-electron chi connectivity index (χ3n) is 3.47. The van der Waals surface area contributed by atoms with Crippen LogP contribution in [0.1, 0.15) is 29.4 Å². The molecule has 90 valence electrons. The Kier molecular flexibility index (Phi) is 3.23. The fourth-order valence-electron chi connectivity index (χ4n) is 2.65. The molecule has 0 aliphatic heterocycles. The van der Waals surface area contributed by atoms with Crippen molar-refractivity contribution in [3.05, 3.63) is 48.6 Å². The third kappa shape index (κ3) is 1.74. The van der Waals surface area contributed by atoms with Crippen molar-refractivity contribution in [2.45, 2.75) is 18.3 Å². The molecule has 0 saturated carbocycles. The average Bonchev–Trinajstić information content (AvgIpc) is 2.76. The molecule has 0 spiro atoms. The molecule has 2 heteroatoms. The van der Waals surface area contributed by atoms with Crippen LogP contribution in [-0.2, 0) is 0 Å². The number of allylic oxidation sites excluding steroid dienone is 2. The van der Waals surface area contributed by atoms with Gasteiger partial charge in [0.05, 0.1) is 14.2 Å². The minimum atomic E-state index is 0.318. The van der Waals surface area contributed by atoms with Gasteiger partial charge in [0.25, 0.3) is 0 Å². The molecular weight excluding hydrogens is 212 g/mol. The topological polar surface area (TPSA) is 18.5 Å². The van der Waals surface area contributed by atoms with E-state index in [1.165, 1.54) is 11.1 Å². The molecule has 1 aliphatic carbocycles. The van der Waals surface area contributed by atoms with Gasteiger partial charge in [-0.3, -0.25) is 0 Å². The van der Waals surface area contributed by atoms with Gasteiger partial charge in [-0.2, -0.15) is 0 Å². The number of benzene rings is 1. The van der Waals surface area contributed by atoms with E-state index in [1.807, 2.05) is 24.3 Å². The molecule has 0 amide bonds. The van der Waals surface area contributed by atoms with Crippen LogP contribution in [0.3, 0.4) is 0 Å². The summed E-state index contributed by atoms with van der Waals surface area (Å²) in [5.41, 5.74) is 2.40. The Morgan fingerprint density at radius 3 is 1.71 bits per heavy atom. The lowest BCUT2D eigenvalue weighted by Gasteiger charge is -2.15. The summed E-state index contributed by atoms with van der Waals surface area (Å²) < 4.78 is 10.9. The summed E-state index contributed by atoms with van der Waals surface area (Å²) in [5, 5.41) is 0. The molecule has 2 rings (SSSR count). The van der Waals surface area contributed by atoms with Crippen molar-refractivity contribution in [2.24, 2.45) is 0 Å². The molecule has 1 aromatic carbocycles. The fourth-order valence-corrected chi connectivity index (χ4v) is 2.65. The van der Waals surface area contributed by atoms with Crippen molar-refractivity contribution in [1.82, 2.24) is 0 Å². The Hall–Kier alpha value is -1.70. The lowest BCUT2D eigenvalue weighted by Crippen LogP contribution is -1.98. The van der Waals surface area contributed by atoms with E-state index < -0.39 is 0 Å². The van der Waals surface area contributed by atoms with E-state index in [1.54, 1.807) is 14.2 Å². The predicted octanol–water partition coefficient (Wildman–Crippen LogP) is 3.65. The summed E-state index contributed by atoms with van der Waals surface area (Å²) in [6.07, 6.45) is 4.95. The third-order valence-corrected chi connectivity index (χ3v) is 3.47. The smallest absolute Gasteiger partial charge is 0.123 e. The molecule has 17 heavy (non-hydrogen) atoms. The minimum Gasteiger partial charge on any atom is -0.496 e. The molecule has 0 saturated heterocycles. The van der Waals surface area contributed by atoms with Crippen molar-refractivity contribution >= 4 is 0 Å². The Morgan fingerprint density at radius 2 is 1.41 bits per heavy atom. The summed E-state index contributed by atoms with van der Waals surface area (Å²) in [7, 11) is 3.40. The second kappa shape index (κ2) is 4.66. The quantitative estimate of drug-likeness (QED) is 0.735. The summed E-state index contributed by atoms with van der Waals surface area (Å²) in [6.45, 7) is 7.82. The van der Waals surface area contributed by atoms with Gasteiger partial charge in [-0.1, -0.05) is 12.2 Å². The Bertz CT molecular complexity index is 407. The molecule has 2 nitrogen and oxygen atoms in total. The van der Waals surface area contributed by atoms with Gasteiger partial charge in [-0.15, -0.1) is 13.2 Å². The summed E-state index contributed by atoms with van der Waals surface area (Å²) in [4.78, 5) is 0. The minimum absolute atomic E-state index is 0.318. The highest BCUT2D eigenvalue weighted by atomic mass is 16.5. The molecule has 1 aliphatic rings. The van der Waals surface area contributed by atoms with E-state index in [9.17, 15) is 0 Å². The number of hydrogen-bond acceptors (Lipinski definition) is 2. The van der Waals surface area contributed by atoms with Crippen molar-refractivity contribution in [3.63, 3.8) is 0 Å². The zero-order chi connectivity index (χ0) is 12.4. The number of methoxy groups -OCH3 is 2. The van der Waals surface area contributed by atoms with Gasteiger partial charge in [-0.05, 0) is 18.6 Å². The van der Waals surface area contributed by atoms with Crippen LogP contribution in [0.2, 0.25) is 0 Å². The van der Waals surface area contributed by atoms with E-state index in [4.69, 9.17) is 9.47 Å². The van der Waals surface area contributed by atoms with Crippen molar-refractivity contribution in [3.8, 4) is 11.5 Å². The van der Waals surface area contributed by atoms with Crippen LogP contribution in [0.25, 0.3) is 0 Å². The first-order valence-electron chi connectivity index (χ1n) is 5.76. The monoisotopic (exact) mass is 230 g/mol. The highest BCUT2D eigenvalue weighted by molar-refractivity contribution is 5.57. The first kappa shape index (κ1) is 11.8. The van der Waals surface area contributed by atoms with Gasteiger partial charge < -0.3 is 9.47 Å². The van der Waals surface area contributed by atoms with Gasteiger partial charge in [0.2, 0.25) is 0 Å². The molecule has 0 aromatic heterocycles. The SMILES string of the molecule is C=CC1CC(C=C)c2c(OC)ccc(OC)c21. The summed E-state index contributed by atoms with van der Waals surface area (Å²) >= 11 is 0. The largest absolute Gasteiger partial charge is 0.496 e. The molecule has 0 heterocycles. The van der Waals surface area contributed by atoms with E-state index >= 15 is 0 Å². The van der Waals surface area contributed by atoms with Gasteiger partial charge in [0.15, 0.2) is 0 Å². The van der Waals surface area contributed by atoms with Gasteiger partial charge >= 0.3 is 0 Å². The van der Waals surface area contributed by atoms with Crippen molar-refractivity contribution in [2.75, 3.05) is 14.2 Å². The number of hydrogen-bond donors (Lipinski definition) is 0. The van der Waals surface area contributed by atoms with E-state index in [0.717, 1.165) is 17.9 Å². The average molecular weight is 230 g/mol. The zero-order valence-electron chi connectivity index (χ0n) is 10.4. The molecule has 2 atom stereocenters. The Morgan fingerprint density at radius 1 is 1.00 bits per heavy atom. The maximum absolute atomic E-state index is 5.44. The van der Waals surface area contributed by atoms with Crippen LogP contribution in [0.15, 0.2) is 37.4 Å². The highest BCUT2D eigenvalue weighted by Crippen LogP contribution is 2.50. The number of rotatable bonds is 4. The molecule has 0 bridgehead atoms. The van der Waals surface area contributed by atoms with Crippen molar-refractivity contribution in [1.29, 1.82) is 0 Å².